The first-order chi connectivity index (χ1) is 20.5. The van der Waals surface area contributed by atoms with E-state index in [4.69, 9.17) is 19.3 Å². The van der Waals surface area contributed by atoms with Gasteiger partial charge in [0.1, 0.15) is 28.2 Å². The molecule has 5 aromatic heterocycles. The average molecular weight is 594 g/mol. The molecule has 5 aromatic rings. The van der Waals surface area contributed by atoms with Crippen molar-refractivity contribution in [3.63, 3.8) is 0 Å². The van der Waals surface area contributed by atoms with Crippen LogP contribution < -0.4 is 26.7 Å². The summed E-state index contributed by atoms with van der Waals surface area (Å²) in [5, 5.41) is 26.0. The van der Waals surface area contributed by atoms with Crippen LogP contribution in [0.3, 0.4) is 0 Å². The number of nitrogens with zero attached hydrogens (tertiary/aromatic N) is 6. The molecule has 6 heterocycles. The van der Waals surface area contributed by atoms with Crippen LogP contribution in [-0.2, 0) is 4.74 Å². The van der Waals surface area contributed by atoms with Gasteiger partial charge in [0.05, 0.1) is 43.2 Å². The summed E-state index contributed by atoms with van der Waals surface area (Å²) in [4.78, 5) is 36.4. The van der Waals surface area contributed by atoms with E-state index in [1.807, 2.05) is 4.90 Å². The van der Waals surface area contributed by atoms with Gasteiger partial charge in [-0.1, -0.05) is 24.2 Å². The number of morpholine rings is 1. The van der Waals surface area contributed by atoms with Crippen molar-refractivity contribution in [3.8, 4) is 10.6 Å². The van der Waals surface area contributed by atoms with Crippen LogP contribution in [0.5, 0.6) is 0 Å². The number of furan rings is 1. The maximum absolute atomic E-state index is 12.8. The molecule has 0 radical (unpaired) electrons. The summed E-state index contributed by atoms with van der Waals surface area (Å²) < 4.78 is 18.6. The lowest BCUT2D eigenvalue weighted by atomic mass is 9.93. The number of hydrogen-bond acceptors (Lipinski definition) is 14. The zero-order valence-electron chi connectivity index (χ0n) is 22.3. The van der Waals surface area contributed by atoms with Gasteiger partial charge in [0, 0.05) is 13.1 Å². The number of aromatic nitrogens is 5. The third-order valence-corrected chi connectivity index (χ3v) is 8.42. The van der Waals surface area contributed by atoms with Gasteiger partial charge in [-0.2, -0.15) is 4.98 Å². The van der Waals surface area contributed by atoms with Crippen LogP contribution >= 0.6 is 11.3 Å². The molecule has 1 saturated carbocycles. The second-order valence-corrected chi connectivity index (χ2v) is 11.2. The fourth-order valence-electron chi connectivity index (χ4n) is 5.34. The minimum absolute atomic E-state index is 0.0482. The summed E-state index contributed by atoms with van der Waals surface area (Å²) in [6, 6.07) is 1.20. The van der Waals surface area contributed by atoms with Crippen LogP contribution in [0.25, 0.3) is 27.4 Å². The molecule has 2 fully saturated rings. The Kier molecular flexibility index (Phi) is 6.72. The van der Waals surface area contributed by atoms with E-state index in [-0.39, 0.29) is 34.1 Å². The molecule has 0 bridgehead atoms. The summed E-state index contributed by atoms with van der Waals surface area (Å²) in [6.07, 6.45) is 7.31. The maximum atomic E-state index is 12.8. The number of aliphatic hydroxyl groups is 1. The van der Waals surface area contributed by atoms with Gasteiger partial charge >= 0.3 is 0 Å². The molecule has 5 N–H and O–H groups in total. The Morgan fingerprint density at radius 2 is 2.02 bits per heavy atom. The van der Waals surface area contributed by atoms with Crippen molar-refractivity contribution in [1.82, 2.24) is 24.6 Å². The van der Waals surface area contributed by atoms with E-state index in [1.54, 1.807) is 6.20 Å². The van der Waals surface area contributed by atoms with Crippen molar-refractivity contribution in [2.45, 2.75) is 37.8 Å². The third kappa shape index (κ3) is 4.72. The Hall–Kier alpha value is -4.54. The Morgan fingerprint density at radius 3 is 2.83 bits per heavy atom. The maximum Gasteiger partial charge on any atom is 0.256 e. The number of primary amides is 1. The largest absolute Gasteiger partial charge is 0.456 e. The van der Waals surface area contributed by atoms with Crippen LogP contribution in [-0.4, -0.2) is 74.0 Å². The number of amides is 1. The zero-order valence-corrected chi connectivity index (χ0v) is 23.1. The summed E-state index contributed by atoms with van der Waals surface area (Å²) in [6.45, 7) is 2.30. The zero-order chi connectivity index (χ0) is 28.8. The molecule has 1 saturated heterocycles. The average Bonchev–Trinajstić information content (AvgIpc) is 3.75. The molecule has 0 unspecified atom stereocenters. The molecule has 0 aromatic carbocycles. The molecule has 15 nitrogen and oxygen atoms in total. The summed E-state index contributed by atoms with van der Waals surface area (Å²) in [5.74, 6) is 0.212. The normalized spacial score (nSPS) is 19.4. The Bertz CT molecular complexity index is 1840. The monoisotopic (exact) mass is 593 g/mol. The van der Waals surface area contributed by atoms with Gasteiger partial charge < -0.3 is 39.9 Å². The lowest BCUT2D eigenvalue weighted by Crippen LogP contribution is -2.37. The van der Waals surface area contributed by atoms with Crippen molar-refractivity contribution in [3.05, 3.63) is 40.6 Å². The van der Waals surface area contributed by atoms with Gasteiger partial charge in [0.25, 0.3) is 5.91 Å². The van der Waals surface area contributed by atoms with Crippen molar-refractivity contribution in [2.75, 3.05) is 41.8 Å². The summed E-state index contributed by atoms with van der Waals surface area (Å²) >= 11 is 1.24. The van der Waals surface area contributed by atoms with Gasteiger partial charge in [0.15, 0.2) is 22.9 Å². The van der Waals surface area contributed by atoms with Crippen molar-refractivity contribution >= 4 is 56.7 Å². The molecule has 2 atom stereocenters. The van der Waals surface area contributed by atoms with Crippen LogP contribution in [0.4, 0.5) is 22.7 Å². The molecule has 218 valence electrons. The van der Waals surface area contributed by atoms with Crippen LogP contribution in [0.15, 0.2) is 38.5 Å². The smallest absolute Gasteiger partial charge is 0.256 e. The van der Waals surface area contributed by atoms with E-state index in [0.29, 0.717) is 65.7 Å². The van der Waals surface area contributed by atoms with Crippen molar-refractivity contribution < 1.29 is 23.5 Å². The standard InChI is InChI=1S/C26H27N9O6S/c27-22(38)19-23(32-26(35-12-29-33-24(19)35)30-14-3-1-2-4-15(14)36)31-17-10-28-25(42-17)13-11-40-21-16(37)9-18(41-20(13)21)34-5-7-39-8-6-34/h9-12,14-15,31,36H,1-8H2,(H2,27,38)(H,30,32)/t14-,15+/m1/s1. The SMILES string of the molecule is NC(=O)c1c(Nc2cnc(-c3coc4c(=O)cc(N5CCOCC5)oc34)s2)nc(N[C@@H]2CCCC[C@@H]2O)n2cnnc12. The van der Waals surface area contributed by atoms with Gasteiger partial charge in [-0.05, 0) is 12.8 Å². The molecular weight excluding hydrogens is 566 g/mol. The van der Waals surface area contributed by atoms with Crippen LogP contribution in [0.2, 0.25) is 0 Å². The van der Waals surface area contributed by atoms with Crippen molar-refractivity contribution in [2.24, 2.45) is 5.73 Å². The van der Waals surface area contributed by atoms with Gasteiger partial charge in [-0.15, -0.1) is 10.2 Å². The second-order valence-electron chi connectivity index (χ2n) is 10.2. The highest BCUT2D eigenvalue weighted by Gasteiger charge is 2.27. The van der Waals surface area contributed by atoms with Crippen LogP contribution in [0, 0.1) is 0 Å². The number of nitrogens with one attached hydrogen (secondary N) is 2. The molecule has 2 aliphatic rings. The molecule has 0 spiro atoms. The minimum atomic E-state index is -0.741. The van der Waals surface area contributed by atoms with E-state index in [2.05, 4.69) is 30.8 Å². The Labute approximate surface area is 241 Å². The lowest BCUT2D eigenvalue weighted by Gasteiger charge is -2.29. The predicted octanol–water partition coefficient (Wildman–Crippen LogP) is 2.34. The number of fused-ring (bicyclic) bond motifs is 2. The minimum Gasteiger partial charge on any atom is -0.456 e. The molecule has 7 rings (SSSR count). The van der Waals surface area contributed by atoms with Gasteiger partial charge in [-0.25, -0.2) is 4.98 Å². The molecule has 1 aliphatic heterocycles. The number of anilines is 4. The molecular formula is C26H27N9O6S. The number of carbonyl (C=O) groups excluding carboxylic acids is 1. The summed E-state index contributed by atoms with van der Waals surface area (Å²) in [5.41, 5.74) is 6.63. The first-order valence-electron chi connectivity index (χ1n) is 13.6. The number of ether oxygens (including phenoxy) is 1. The van der Waals surface area contributed by atoms with Gasteiger partial charge in [0.2, 0.25) is 17.0 Å². The van der Waals surface area contributed by atoms with E-state index in [1.165, 1.54) is 34.4 Å². The number of aliphatic hydroxyl groups excluding tert-OH is 1. The highest BCUT2D eigenvalue weighted by atomic mass is 32.1. The quantitative estimate of drug-likeness (QED) is 0.215. The Balaban J connectivity index is 1.23. The lowest BCUT2D eigenvalue weighted by molar-refractivity contribution is 0.100. The second kappa shape index (κ2) is 10.7. The van der Waals surface area contributed by atoms with E-state index in [9.17, 15) is 14.7 Å². The number of thiazole rings is 1. The number of nitrogens with two attached hydrogens (primary N) is 1. The molecule has 1 amide bonds. The number of hydrogen-bond donors (Lipinski definition) is 4. The molecule has 16 heteroatoms. The number of rotatable bonds is 7. The van der Waals surface area contributed by atoms with Gasteiger partial charge in [-0.3, -0.25) is 14.0 Å². The fourth-order valence-corrected chi connectivity index (χ4v) is 6.15. The van der Waals surface area contributed by atoms with Crippen LogP contribution in [0.1, 0.15) is 36.0 Å². The fraction of sp³-hybridized carbons (Fsp3) is 0.385. The van der Waals surface area contributed by atoms with E-state index >= 15 is 0 Å². The van der Waals surface area contributed by atoms with E-state index in [0.717, 1.165) is 19.3 Å². The Morgan fingerprint density at radius 1 is 1.19 bits per heavy atom. The predicted molar refractivity (Wildman–Crippen MR) is 153 cm³/mol. The molecule has 1 aliphatic carbocycles. The first-order valence-corrected chi connectivity index (χ1v) is 14.4. The molecule has 42 heavy (non-hydrogen) atoms. The van der Waals surface area contributed by atoms with Crippen molar-refractivity contribution in [1.29, 1.82) is 0 Å². The number of carbonyl (C=O) groups is 1. The summed E-state index contributed by atoms with van der Waals surface area (Å²) in [7, 11) is 0. The van der Waals surface area contributed by atoms with E-state index < -0.39 is 12.0 Å². The third-order valence-electron chi connectivity index (χ3n) is 7.48. The highest BCUT2D eigenvalue weighted by Crippen LogP contribution is 2.37. The topological polar surface area (TPSA) is 199 Å². The first kappa shape index (κ1) is 26.4. The highest BCUT2D eigenvalue weighted by molar-refractivity contribution is 7.19.